The molecule has 4 heterocycles. The van der Waals surface area contributed by atoms with Gasteiger partial charge in [-0.25, -0.2) is 0 Å². The summed E-state index contributed by atoms with van der Waals surface area (Å²) >= 11 is 0. The predicted octanol–water partition coefficient (Wildman–Crippen LogP) is -0.940. The van der Waals surface area contributed by atoms with Crippen molar-refractivity contribution in [1.82, 2.24) is 25.5 Å². The summed E-state index contributed by atoms with van der Waals surface area (Å²) in [5.74, 6) is -0.813. The molecule has 30 heavy (non-hydrogen) atoms. The number of ketones is 1. The minimum atomic E-state index is -1.07. The summed E-state index contributed by atoms with van der Waals surface area (Å²) in [4.78, 5) is 28.2. The number of carbonyl (C=O) groups is 2. The summed E-state index contributed by atoms with van der Waals surface area (Å²) < 4.78 is 17.0. The fourth-order valence-corrected chi connectivity index (χ4v) is 4.53. The molecule has 0 bridgehead atoms. The Morgan fingerprint density at radius 1 is 1.27 bits per heavy atom. The summed E-state index contributed by atoms with van der Waals surface area (Å²) in [6.07, 6.45) is 2.59. The third-order valence-corrected chi connectivity index (χ3v) is 6.08. The van der Waals surface area contributed by atoms with Crippen LogP contribution in [0, 0.1) is 5.92 Å². The zero-order valence-electron chi connectivity index (χ0n) is 16.2. The van der Waals surface area contributed by atoms with Gasteiger partial charge in [0.25, 0.3) is 17.8 Å². The van der Waals surface area contributed by atoms with E-state index in [-0.39, 0.29) is 40.8 Å². The highest BCUT2D eigenvalue weighted by Crippen LogP contribution is 2.40. The molecule has 0 radical (unpaired) electrons. The quantitative estimate of drug-likeness (QED) is 0.560. The van der Waals surface area contributed by atoms with Gasteiger partial charge in [-0.1, -0.05) is 5.10 Å². The van der Waals surface area contributed by atoms with E-state index in [0.29, 0.717) is 12.5 Å². The normalized spacial score (nSPS) is 31.8. The van der Waals surface area contributed by atoms with Crippen molar-refractivity contribution in [1.29, 1.82) is 0 Å². The molecule has 5 rings (SSSR count). The van der Waals surface area contributed by atoms with Crippen LogP contribution in [0.25, 0.3) is 0 Å². The molecule has 4 N–H and O–H groups in total. The Morgan fingerprint density at radius 2 is 2.10 bits per heavy atom. The maximum atomic E-state index is 13.3. The molecule has 4 aliphatic rings. The summed E-state index contributed by atoms with van der Waals surface area (Å²) in [6.45, 7) is 3.20. The van der Waals surface area contributed by atoms with E-state index in [1.54, 1.807) is 0 Å². The van der Waals surface area contributed by atoms with E-state index in [1.165, 1.54) is 6.08 Å². The molecule has 1 saturated carbocycles. The number of anilines is 1. The molecule has 1 amide bonds. The molecule has 0 aromatic carbocycles. The number of aromatic nitrogens is 4. The Labute approximate surface area is 171 Å². The number of tetrazole rings is 1. The fraction of sp³-hybridized carbons (Fsp3) is 0.611. The number of carbonyl (C=O) groups excluding carboxylic acids is 2. The first-order valence-electron chi connectivity index (χ1n) is 10.1. The molecule has 1 aromatic heterocycles. The average molecular weight is 417 g/mol. The van der Waals surface area contributed by atoms with Crippen LogP contribution in [0.2, 0.25) is 0 Å². The van der Waals surface area contributed by atoms with Crippen molar-refractivity contribution in [3.05, 3.63) is 23.2 Å². The van der Waals surface area contributed by atoms with Gasteiger partial charge in [0.2, 0.25) is 0 Å². The standard InChI is InChI=1S/C18H23N7O5/c19-15-12(16(27)20-18-21-23-24-22-18)8-11-14(26)10-7-9(25-3-5-28-6-4-25)1-2-13(10)29-17(11)30-15/h8-10,13,15H,1-7,19H2,(H2,20,21,22,23,24,27). The van der Waals surface area contributed by atoms with Gasteiger partial charge < -0.3 is 14.2 Å². The molecule has 12 heteroatoms. The number of amides is 1. The van der Waals surface area contributed by atoms with Crippen molar-refractivity contribution < 1.29 is 23.8 Å². The number of fused-ring (bicyclic) bond motifs is 1. The molecular formula is C18H23N7O5. The number of nitrogens with two attached hydrogens (primary N) is 1. The lowest BCUT2D eigenvalue weighted by atomic mass is 9.76. The van der Waals surface area contributed by atoms with Crippen LogP contribution in [0.1, 0.15) is 19.3 Å². The second-order valence-corrected chi connectivity index (χ2v) is 7.77. The molecular weight excluding hydrogens is 394 g/mol. The minimum absolute atomic E-state index is 0.000190. The van der Waals surface area contributed by atoms with Gasteiger partial charge in [-0.15, -0.1) is 5.10 Å². The third kappa shape index (κ3) is 3.46. The molecule has 4 atom stereocenters. The Kier molecular flexibility index (Phi) is 4.97. The van der Waals surface area contributed by atoms with Gasteiger partial charge in [0.1, 0.15) is 6.10 Å². The van der Waals surface area contributed by atoms with Crippen molar-refractivity contribution in [2.24, 2.45) is 11.7 Å². The maximum absolute atomic E-state index is 13.3. The summed E-state index contributed by atoms with van der Waals surface area (Å²) in [5.41, 5.74) is 6.33. The molecule has 4 unspecified atom stereocenters. The Morgan fingerprint density at radius 3 is 2.87 bits per heavy atom. The molecule has 1 aromatic rings. The van der Waals surface area contributed by atoms with Gasteiger partial charge >= 0.3 is 0 Å². The molecule has 0 spiro atoms. The average Bonchev–Trinajstić information content (AvgIpc) is 3.27. The first-order chi connectivity index (χ1) is 14.6. The summed E-state index contributed by atoms with van der Waals surface area (Å²) in [7, 11) is 0. The highest BCUT2D eigenvalue weighted by molar-refractivity contribution is 6.08. The van der Waals surface area contributed by atoms with Gasteiger partial charge in [0, 0.05) is 19.1 Å². The Bertz CT molecular complexity index is 893. The van der Waals surface area contributed by atoms with Crippen LogP contribution in [0.3, 0.4) is 0 Å². The molecule has 1 aliphatic carbocycles. The van der Waals surface area contributed by atoms with E-state index in [1.807, 2.05) is 0 Å². The van der Waals surface area contributed by atoms with Gasteiger partial charge in [-0.3, -0.25) is 25.5 Å². The highest BCUT2D eigenvalue weighted by Gasteiger charge is 2.46. The van der Waals surface area contributed by atoms with Crippen LogP contribution in [-0.2, 0) is 23.8 Å². The monoisotopic (exact) mass is 417 g/mol. The van der Waals surface area contributed by atoms with Crippen LogP contribution in [0.4, 0.5) is 5.95 Å². The van der Waals surface area contributed by atoms with Gasteiger partial charge in [0.05, 0.1) is 30.3 Å². The van der Waals surface area contributed by atoms with Crippen LogP contribution in [0.5, 0.6) is 0 Å². The van der Waals surface area contributed by atoms with E-state index in [0.717, 1.165) is 39.1 Å². The van der Waals surface area contributed by atoms with Crippen LogP contribution < -0.4 is 11.1 Å². The SMILES string of the molecule is NC1OC2=C(C=C1C(=O)Nc1nn[nH]n1)C(=O)C1CC(N3CCOCC3)CCC1O2. The second kappa shape index (κ2) is 7.78. The number of allylic oxidation sites excluding steroid dienone is 2. The lowest BCUT2D eigenvalue weighted by molar-refractivity contribution is -0.140. The molecule has 1 saturated heterocycles. The number of hydrogen-bond donors (Lipinski definition) is 3. The van der Waals surface area contributed by atoms with Crippen LogP contribution in [0.15, 0.2) is 23.2 Å². The molecule has 2 fully saturated rings. The zero-order valence-corrected chi connectivity index (χ0v) is 16.2. The van der Waals surface area contributed by atoms with E-state index >= 15 is 0 Å². The van der Waals surface area contributed by atoms with E-state index in [2.05, 4.69) is 30.8 Å². The smallest absolute Gasteiger partial charge is 0.292 e. The lowest BCUT2D eigenvalue weighted by Crippen LogP contribution is -2.51. The van der Waals surface area contributed by atoms with Crippen LogP contribution >= 0.6 is 0 Å². The number of H-pyrrole nitrogens is 1. The number of nitrogens with one attached hydrogen (secondary N) is 2. The zero-order chi connectivity index (χ0) is 20.7. The number of morpholine rings is 1. The topological polar surface area (TPSA) is 158 Å². The summed E-state index contributed by atoms with van der Waals surface area (Å²) in [5, 5.41) is 15.4. The van der Waals surface area contributed by atoms with E-state index < -0.39 is 12.1 Å². The van der Waals surface area contributed by atoms with E-state index in [9.17, 15) is 9.59 Å². The van der Waals surface area contributed by atoms with Crippen molar-refractivity contribution in [3.8, 4) is 0 Å². The van der Waals surface area contributed by atoms with E-state index in [4.69, 9.17) is 19.9 Å². The third-order valence-electron chi connectivity index (χ3n) is 6.08. The number of nitrogens with zero attached hydrogens (tertiary/aromatic N) is 4. The number of Topliss-reactive ketones (excluding diaryl/α,β-unsaturated/α-hetero) is 1. The lowest BCUT2D eigenvalue weighted by Gasteiger charge is -2.44. The van der Waals surface area contributed by atoms with Crippen molar-refractivity contribution in [2.45, 2.75) is 37.6 Å². The molecule has 160 valence electrons. The first kappa shape index (κ1) is 19.2. The fourth-order valence-electron chi connectivity index (χ4n) is 4.53. The molecule has 3 aliphatic heterocycles. The highest BCUT2D eigenvalue weighted by atomic mass is 16.7. The first-order valence-corrected chi connectivity index (χ1v) is 10.1. The largest absolute Gasteiger partial charge is 0.461 e. The molecule has 12 nitrogen and oxygen atoms in total. The van der Waals surface area contributed by atoms with Crippen molar-refractivity contribution in [2.75, 3.05) is 31.6 Å². The Balaban J connectivity index is 1.35. The summed E-state index contributed by atoms with van der Waals surface area (Å²) in [6, 6.07) is 0.321. The second-order valence-electron chi connectivity index (χ2n) is 7.77. The minimum Gasteiger partial charge on any atom is -0.461 e. The van der Waals surface area contributed by atoms with Crippen LogP contribution in [-0.4, -0.2) is 81.9 Å². The van der Waals surface area contributed by atoms with Gasteiger partial charge in [-0.05, 0) is 30.6 Å². The van der Waals surface area contributed by atoms with Crippen molar-refractivity contribution >= 4 is 17.6 Å². The number of rotatable bonds is 3. The van der Waals surface area contributed by atoms with Gasteiger partial charge in [-0.2, -0.15) is 5.21 Å². The number of aromatic amines is 1. The number of hydrogen-bond acceptors (Lipinski definition) is 10. The maximum Gasteiger partial charge on any atom is 0.292 e. The predicted molar refractivity (Wildman–Crippen MR) is 100 cm³/mol. The Hall–Kier alpha value is -2.83. The van der Waals surface area contributed by atoms with Crippen molar-refractivity contribution in [3.63, 3.8) is 0 Å². The van der Waals surface area contributed by atoms with Gasteiger partial charge in [0.15, 0.2) is 12.0 Å². The number of ether oxygens (including phenoxy) is 3.